The van der Waals surface area contributed by atoms with Crippen LogP contribution in [0.25, 0.3) is 0 Å². The van der Waals surface area contributed by atoms with Gasteiger partial charge in [0.2, 0.25) is 0 Å². The fourth-order valence-corrected chi connectivity index (χ4v) is 2.64. The van der Waals surface area contributed by atoms with Crippen molar-refractivity contribution in [3.63, 3.8) is 0 Å². The SMILES string of the molecule is O=C(OCCC1CC1)c1cc(S(=O)(=O)Cl)cn1CC(F)F. The van der Waals surface area contributed by atoms with Gasteiger partial charge in [-0.15, -0.1) is 0 Å². The maximum absolute atomic E-state index is 12.5. The van der Waals surface area contributed by atoms with E-state index < -0.39 is 32.9 Å². The van der Waals surface area contributed by atoms with Crippen molar-refractivity contribution >= 4 is 25.7 Å². The fourth-order valence-electron chi connectivity index (χ4n) is 1.89. The Morgan fingerprint density at radius 3 is 2.67 bits per heavy atom. The number of esters is 1. The summed E-state index contributed by atoms with van der Waals surface area (Å²) < 4.78 is 53.3. The third-order valence-electron chi connectivity index (χ3n) is 3.15. The van der Waals surface area contributed by atoms with Gasteiger partial charge in [-0.05, 0) is 18.4 Å². The first-order valence-electron chi connectivity index (χ1n) is 6.37. The summed E-state index contributed by atoms with van der Waals surface area (Å²) in [5.41, 5.74) is -0.245. The lowest BCUT2D eigenvalue weighted by Crippen LogP contribution is -2.15. The lowest BCUT2D eigenvalue weighted by molar-refractivity contribution is 0.0475. The number of carbonyl (C=O) groups is 1. The Hall–Kier alpha value is -1.15. The molecule has 0 aromatic carbocycles. The van der Waals surface area contributed by atoms with E-state index in [4.69, 9.17) is 15.4 Å². The molecule has 0 amide bonds. The van der Waals surface area contributed by atoms with Crippen molar-refractivity contribution in [2.45, 2.75) is 37.1 Å². The first-order chi connectivity index (χ1) is 9.77. The van der Waals surface area contributed by atoms with Crippen LogP contribution in [0.3, 0.4) is 0 Å². The normalized spacial score (nSPS) is 15.4. The molecule has 9 heteroatoms. The van der Waals surface area contributed by atoms with E-state index in [2.05, 4.69) is 0 Å². The van der Waals surface area contributed by atoms with Crippen molar-refractivity contribution in [3.8, 4) is 0 Å². The first kappa shape index (κ1) is 16.2. The Kier molecular flexibility index (Phi) is 4.88. The van der Waals surface area contributed by atoms with Crippen LogP contribution in [0.4, 0.5) is 8.78 Å². The Morgan fingerprint density at radius 1 is 1.48 bits per heavy atom. The van der Waals surface area contributed by atoms with Gasteiger partial charge < -0.3 is 9.30 Å². The van der Waals surface area contributed by atoms with Crippen molar-refractivity contribution < 1.29 is 26.7 Å². The van der Waals surface area contributed by atoms with E-state index in [0.29, 0.717) is 5.92 Å². The van der Waals surface area contributed by atoms with Crippen LogP contribution >= 0.6 is 10.7 Å². The first-order valence-corrected chi connectivity index (χ1v) is 8.68. The van der Waals surface area contributed by atoms with Crippen LogP contribution in [0.2, 0.25) is 0 Å². The molecule has 118 valence electrons. The number of rotatable bonds is 7. The number of alkyl halides is 2. The molecule has 5 nitrogen and oxygen atoms in total. The zero-order valence-corrected chi connectivity index (χ0v) is 12.5. The van der Waals surface area contributed by atoms with E-state index in [1.807, 2.05) is 0 Å². The number of nitrogens with zero attached hydrogens (tertiary/aromatic N) is 1. The lowest BCUT2D eigenvalue weighted by Gasteiger charge is -2.08. The number of halogens is 3. The molecule has 0 atom stereocenters. The Labute approximate surface area is 125 Å². The van der Waals surface area contributed by atoms with Crippen molar-refractivity contribution in [1.82, 2.24) is 4.57 Å². The molecular formula is C12H14ClF2NO4S. The molecule has 0 saturated heterocycles. The monoisotopic (exact) mass is 341 g/mol. The number of aromatic nitrogens is 1. The van der Waals surface area contributed by atoms with Gasteiger partial charge in [0, 0.05) is 16.9 Å². The summed E-state index contributed by atoms with van der Waals surface area (Å²) in [6, 6.07) is 0.949. The second-order valence-corrected chi connectivity index (χ2v) is 7.48. The standard InChI is InChI=1S/C12H14ClF2NO4S/c13-21(18,19)9-5-10(16(6-9)7-11(14)15)12(17)20-4-3-8-1-2-8/h5-6,8,11H,1-4,7H2. The van der Waals surface area contributed by atoms with Gasteiger partial charge >= 0.3 is 5.97 Å². The minimum atomic E-state index is -4.10. The highest BCUT2D eigenvalue weighted by Gasteiger charge is 2.24. The number of ether oxygens (including phenoxy) is 1. The summed E-state index contributed by atoms with van der Waals surface area (Å²) in [5, 5.41) is 0. The van der Waals surface area contributed by atoms with Crippen LogP contribution in [0, 0.1) is 5.92 Å². The lowest BCUT2D eigenvalue weighted by atomic mass is 10.3. The van der Waals surface area contributed by atoms with Crippen molar-refractivity contribution in [2.24, 2.45) is 5.92 Å². The maximum atomic E-state index is 12.5. The van der Waals surface area contributed by atoms with E-state index in [-0.39, 0.29) is 12.3 Å². The predicted molar refractivity (Wildman–Crippen MR) is 71.1 cm³/mol. The molecule has 1 aromatic rings. The topological polar surface area (TPSA) is 65.4 Å². The average Bonchev–Trinajstić information content (AvgIpc) is 3.06. The van der Waals surface area contributed by atoms with Crippen LogP contribution in [0.15, 0.2) is 17.2 Å². The van der Waals surface area contributed by atoms with Gasteiger partial charge in [0.05, 0.1) is 13.2 Å². The van der Waals surface area contributed by atoms with E-state index >= 15 is 0 Å². The molecule has 0 unspecified atom stereocenters. The molecule has 1 heterocycles. The quantitative estimate of drug-likeness (QED) is 0.565. The molecule has 0 spiro atoms. The zero-order chi connectivity index (χ0) is 15.6. The average molecular weight is 342 g/mol. The van der Waals surface area contributed by atoms with Gasteiger partial charge in [0.15, 0.2) is 0 Å². The van der Waals surface area contributed by atoms with E-state index in [1.165, 1.54) is 0 Å². The summed E-state index contributed by atoms with van der Waals surface area (Å²) >= 11 is 0. The van der Waals surface area contributed by atoms with Gasteiger partial charge in [0.25, 0.3) is 15.5 Å². The van der Waals surface area contributed by atoms with E-state index in [9.17, 15) is 22.0 Å². The summed E-state index contributed by atoms with van der Waals surface area (Å²) in [6.45, 7) is -0.619. The second-order valence-electron chi connectivity index (χ2n) is 4.91. The fraction of sp³-hybridized carbons (Fsp3) is 0.583. The number of hydrogen-bond donors (Lipinski definition) is 0. The van der Waals surface area contributed by atoms with Gasteiger partial charge in [-0.1, -0.05) is 12.8 Å². The molecule has 1 aliphatic carbocycles. The van der Waals surface area contributed by atoms with Crippen LogP contribution in [0.5, 0.6) is 0 Å². The second kappa shape index (κ2) is 6.31. The summed E-state index contributed by atoms with van der Waals surface area (Å²) in [4.78, 5) is 11.5. The highest BCUT2D eigenvalue weighted by atomic mass is 35.7. The summed E-state index contributed by atoms with van der Waals surface area (Å²) in [6.07, 6.45) is 1.11. The molecule has 1 fully saturated rings. The summed E-state index contributed by atoms with van der Waals surface area (Å²) in [7, 11) is 1.06. The van der Waals surface area contributed by atoms with Gasteiger partial charge in [-0.2, -0.15) is 0 Å². The smallest absolute Gasteiger partial charge is 0.354 e. The van der Waals surface area contributed by atoms with Crippen LogP contribution < -0.4 is 0 Å². The minimum Gasteiger partial charge on any atom is -0.461 e. The molecule has 21 heavy (non-hydrogen) atoms. The van der Waals surface area contributed by atoms with Crippen LogP contribution in [-0.4, -0.2) is 32.0 Å². The molecule has 1 aromatic heterocycles. The van der Waals surface area contributed by atoms with Crippen molar-refractivity contribution in [1.29, 1.82) is 0 Å². The molecule has 0 N–H and O–H groups in total. The van der Waals surface area contributed by atoms with Crippen LogP contribution in [0.1, 0.15) is 29.8 Å². The molecule has 1 aliphatic rings. The maximum Gasteiger partial charge on any atom is 0.354 e. The van der Waals surface area contributed by atoms with Crippen molar-refractivity contribution in [3.05, 3.63) is 18.0 Å². The Morgan fingerprint density at radius 2 is 2.14 bits per heavy atom. The third kappa shape index (κ3) is 4.67. The third-order valence-corrected chi connectivity index (χ3v) is 4.47. The van der Waals surface area contributed by atoms with Gasteiger partial charge in [-0.25, -0.2) is 22.0 Å². The van der Waals surface area contributed by atoms with Gasteiger partial charge in [-0.3, -0.25) is 0 Å². The highest BCUT2D eigenvalue weighted by Crippen LogP contribution is 2.32. The predicted octanol–water partition coefficient (Wildman–Crippen LogP) is 2.64. The Balaban J connectivity index is 2.13. The number of carbonyl (C=O) groups excluding carboxylic acids is 1. The number of hydrogen-bond acceptors (Lipinski definition) is 4. The largest absolute Gasteiger partial charge is 0.461 e. The van der Waals surface area contributed by atoms with Crippen molar-refractivity contribution in [2.75, 3.05) is 6.61 Å². The molecule has 0 bridgehead atoms. The van der Waals surface area contributed by atoms with Crippen LogP contribution in [-0.2, 0) is 20.3 Å². The molecule has 0 aliphatic heterocycles. The molecule has 2 rings (SSSR count). The minimum absolute atomic E-state index is 0.187. The molecular weight excluding hydrogens is 328 g/mol. The van der Waals surface area contributed by atoms with Gasteiger partial charge in [0.1, 0.15) is 10.6 Å². The van der Waals surface area contributed by atoms with E-state index in [0.717, 1.165) is 36.1 Å². The molecule has 0 radical (unpaired) electrons. The highest BCUT2D eigenvalue weighted by molar-refractivity contribution is 8.13. The van der Waals surface area contributed by atoms with E-state index in [1.54, 1.807) is 0 Å². The summed E-state index contributed by atoms with van der Waals surface area (Å²) in [5.74, 6) is -0.271. The molecule has 1 saturated carbocycles. The zero-order valence-electron chi connectivity index (χ0n) is 11.0. The Bertz CT molecular complexity index is 625.